The van der Waals surface area contributed by atoms with E-state index >= 15 is 0 Å². The first kappa shape index (κ1) is 12.1. The normalized spacial score (nSPS) is 24.1. The highest BCUT2D eigenvalue weighted by Gasteiger charge is 2.25. The minimum absolute atomic E-state index is 0.00997. The molecule has 2 rings (SSSR count). The lowest BCUT2D eigenvalue weighted by Crippen LogP contribution is -2.34. The molecule has 94 valence electrons. The fraction of sp³-hybridized carbons (Fsp3) is 0.636. The molecule has 6 nitrogen and oxygen atoms in total. The summed E-state index contributed by atoms with van der Waals surface area (Å²) in [6.45, 7) is 2.07. The topological polar surface area (TPSA) is 84.3 Å². The molecule has 2 heterocycles. The molecule has 1 aromatic heterocycles. The van der Waals surface area contributed by atoms with Crippen molar-refractivity contribution >= 4 is 0 Å². The highest BCUT2D eigenvalue weighted by atomic mass is 16.5. The van der Waals surface area contributed by atoms with Crippen molar-refractivity contribution in [3.8, 4) is 0 Å². The number of aliphatic hydroxyl groups excluding tert-OH is 1. The van der Waals surface area contributed by atoms with Crippen molar-refractivity contribution in [3.63, 3.8) is 0 Å². The van der Waals surface area contributed by atoms with Crippen LogP contribution in [0.15, 0.2) is 15.8 Å². The minimum atomic E-state index is -0.420. The maximum Gasteiger partial charge on any atom is 0.328 e. The second-order valence-corrected chi connectivity index (χ2v) is 4.36. The van der Waals surface area contributed by atoms with Crippen LogP contribution in [-0.2, 0) is 11.3 Å². The molecule has 0 radical (unpaired) electrons. The predicted molar refractivity (Wildman–Crippen MR) is 61.0 cm³/mol. The number of rotatable bonds is 3. The summed E-state index contributed by atoms with van der Waals surface area (Å²) in [6, 6.07) is 0. The molecule has 0 amide bonds. The first-order chi connectivity index (χ1) is 8.10. The first-order valence-electron chi connectivity index (χ1n) is 5.67. The Kier molecular flexibility index (Phi) is 3.44. The van der Waals surface area contributed by atoms with E-state index in [4.69, 9.17) is 9.84 Å². The number of nitrogens with one attached hydrogen (secondary N) is 1. The summed E-state index contributed by atoms with van der Waals surface area (Å²) in [5, 5.41) is 8.94. The number of aromatic amines is 1. The van der Waals surface area contributed by atoms with Crippen molar-refractivity contribution in [1.82, 2.24) is 9.55 Å². The quantitative estimate of drug-likeness (QED) is 0.738. The molecule has 0 bridgehead atoms. The number of ether oxygens (including phenoxy) is 1. The van der Waals surface area contributed by atoms with Gasteiger partial charge < -0.3 is 9.84 Å². The highest BCUT2D eigenvalue weighted by molar-refractivity contribution is 5.00. The summed E-state index contributed by atoms with van der Waals surface area (Å²) >= 11 is 0. The van der Waals surface area contributed by atoms with Crippen LogP contribution in [0.5, 0.6) is 0 Å². The number of aromatic nitrogens is 2. The third-order valence-corrected chi connectivity index (χ3v) is 2.99. The molecule has 0 unspecified atom stereocenters. The average molecular weight is 240 g/mol. The van der Waals surface area contributed by atoms with Gasteiger partial charge in [-0.15, -0.1) is 0 Å². The van der Waals surface area contributed by atoms with Crippen LogP contribution in [0.25, 0.3) is 0 Å². The van der Waals surface area contributed by atoms with Crippen molar-refractivity contribution < 1.29 is 9.84 Å². The number of hydrogen-bond acceptors (Lipinski definition) is 4. The molecule has 1 saturated heterocycles. The van der Waals surface area contributed by atoms with Crippen LogP contribution in [0.3, 0.4) is 0 Å². The average Bonchev–Trinajstić information content (AvgIpc) is 2.73. The Bertz CT molecular complexity index is 505. The van der Waals surface area contributed by atoms with E-state index in [1.807, 2.05) is 0 Å². The minimum Gasteiger partial charge on any atom is -0.394 e. The third kappa shape index (κ3) is 2.65. The molecule has 1 aromatic rings. The van der Waals surface area contributed by atoms with Gasteiger partial charge in [-0.05, 0) is 19.8 Å². The number of H-pyrrole nitrogens is 1. The van der Waals surface area contributed by atoms with Gasteiger partial charge in [0.05, 0.1) is 25.4 Å². The summed E-state index contributed by atoms with van der Waals surface area (Å²) < 4.78 is 6.98. The highest BCUT2D eigenvalue weighted by Crippen LogP contribution is 2.19. The van der Waals surface area contributed by atoms with Crippen LogP contribution in [0.1, 0.15) is 18.4 Å². The molecule has 2 atom stereocenters. The van der Waals surface area contributed by atoms with E-state index in [9.17, 15) is 9.59 Å². The summed E-state index contributed by atoms with van der Waals surface area (Å²) in [4.78, 5) is 25.0. The van der Waals surface area contributed by atoms with Gasteiger partial charge in [-0.3, -0.25) is 14.3 Å². The smallest absolute Gasteiger partial charge is 0.328 e. The molecule has 0 saturated carbocycles. The Morgan fingerprint density at radius 2 is 2.18 bits per heavy atom. The van der Waals surface area contributed by atoms with Crippen LogP contribution in [0.2, 0.25) is 0 Å². The van der Waals surface area contributed by atoms with Gasteiger partial charge in [-0.25, -0.2) is 4.79 Å². The van der Waals surface area contributed by atoms with E-state index < -0.39 is 5.69 Å². The molecule has 6 heteroatoms. The Morgan fingerprint density at radius 3 is 2.82 bits per heavy atom. The molecule has 0 aromatic carbocycles. The van der Waals surface area contributed by atoms with Crippen LogP contribution >= 0.6 is 0 Å². The summed E-state index contributed by atoms with van der Waals surface area (Å²) in [5.41, 5.74) is -0.273. The molecule has 1 fully saturated rings. The van der Waals surface area contributed by atoms with E-state index in [-0.39, 0.29) is 24.4 Å². The molecule has 0 aliphatic carbocycles. The van der Waals surface area contributed by atoms with Crippen molar-refractivity contribution in [2.24, 2.45) is 0 Å². The molecular weight excluding hydrogens is 224 g/mol. The lowest BCUT2D eigenvalue weighted by molar-refractivity contribution is 0.00443. The third-order valence-electron chi connectivity index (χ3n) is 2.99. The summed E-state index contributed by atoms with van der Waals surface area (Å²) in [7, 11) is 0. The van der Waals surface area contributed by atoms with Crippen molar-refractivity contribution in [2.75, 3.05) is 6.61 Å². The Hall–Kier alpha value is -1.40. The predicted octanol–water partition coefficient (Wildman–Crippen LogP) is -0.615. The van der Waals surface area contributed by atoms with Gasteiger partial charge in [0, 0.05) is 11.8 Å². The summed E-state index contributed by atoms with van der Waals surface area (Å²) in [5.74, 6) is 0. The van der Waals surface area contributed by atoms with E-state index in [2.05, 4.69) is 4.98 Å². The Balaban J connectivity index is 2.12. The first-order valence-corrected chi connectivity index (χ1v) is 5.67. The zero-order valence-corrected chi connectivity index (χ0v) is 9.68. The molecule has 17 heavy (non-hydrogen) atoms. The molecule has 1 aliphatic heterocycles. The fourth-order valence-electron chi connectivity index (χ4n) is 2.02. The SMILES string of the molecule is Cc1cn(C[C@H]2CC[C@@H](CO)O2)c(=O)[nH]c1=O. The standard InChI is InChI=1S/C11H16N2O4/c1-7-4-13(11(16)12-10(7)15)5-8-2-3-9(6-14)17-8/h4,8-9,14H,2-3,5-6H2,1H3,(H,12,15,16)/t8-,9+/m1/s1. The second-order valence-electron chi connectivity index (χ2n) is 4.36. The van der Waals surface area contributed by atoms with E-state index in [0.717, 1.165) is 12.8 Å². The number of aliphatic hydroxyl groups is 1. The lowest BCUT2D eigenvalue weighted by atomic mass is 10.2. The van der Waals surface area contributed by atoms with Gasteiger partial charge >= 0.3 is 5.69 Å². The molecule has 0 spiro atoms. The molecule has 2 N–H and O–H groups in total. The van der Waals surface area contributed by atoms with Gasteiger partial charge in [-0.2, -0.15) is 0 Å². The van der Waals surface area contributed by atoms with E-state index in [0.29, 0.717) is 12.1 Å². The van der Waals surface area contributed by atoms with Gasteiger partial charge in [0.25, 0.3) is 5.56 Å². The number of hydrogen-bond donors (Lipinski definition) is 2. The second kappa shape index (κ2) is 4.85. The maximum atomic E-state index is 11.5. The fourth-order valence-corrected chi connectivity index (χ4v) is 2.02. The van der Waals surface area contributed by atoms with E-state index in [1.54, 1.807) is 6.92 Å². The van der Waals surface area contributed by atoms with Crippen molar-refractivity contribution in [2.45, 2.75) is 38.5 Å². The molecule has 1 aliphatic rings. The monoisotopic (exact) mass is 240 g/mol. The molecular formula is C11H16N2O4. The zero-order valence-electron chi connectivity index (χ0n) is 9.68. The zero-order chi connectivity index (χ0) is 12.4. The largest absolute Gasteiger partial charge is 0.394 e. The van der Waals surface area contributed by atoms with Crippen LogP contribution in [-0.4, -0.2) is 33.5 Å². The van der Waals surface area contributed by atoms with Crippen molar-refractivity contribution in [1.29, 1.82) is 0 Å². The van der Waals surface area contributed by atoms with Crippen molar-refractivity contribution in [3.05, 3.63) is 32.6 Å². The lowest BCUT2D eigenvalue weighted by Gasteiger charge is -2.13. The number of aryl methyl sites for hydroxylation is 1. The van der Waals surface area contributed by atoms with Gasteiger partial charge in [-0.1, -0.05) is 0 Å². The van der Waals surface area contributed by atoms with Crippen LogP contribution in [0, 0.1) is 6.92 Å². The number of nitrogens with zero attached hydrogens (tertiary/aromatic N) is 1. The van der Waals surface area contributed by atoms with Crippen LogP contribution in [0.4, 0.5) is 0 Å². The Morgan fingerprint density at radius 1 is 1.47 bits per heavy atom. The maximum absolute atomic E-state index is 11.5. The van der Waals surface area contributed by atoms with E-state index in [1.165, 1.54) is 10.8 Å². The van der Waals surface area contributed by atoms with Gasteiger partial charge in [0.1, 0.15) is 0 Å². The van der Waals surface area contributed by atoms with Gasteiger partial charge in [0.2, 0.25) is 0 Å². The Labute approximate surface area is 97.9 Å². The summed E-state index contributed by atoms with van der Waals surface area (Å²) in [6.07, 6.45) is 2.96. The van der Waals surface area contributed by atoms with Crippen LogP contribution < -0.4 is 11.2 Å². The van der Waals surface area contributed by atoms with Gasteiger partial charge in [0.15, 0.2) is 0 Å².